The zero-order chi connectivity index (χ0) is 16.9. The molecule has 0 spiro atoms. The fourth-order valence-corrected chi connectivity index (χ4v) is 2.71. The smallest absolute Gasteiger partial charge is 0.261 e. The van der Waals surface area contributed by atoms with E-state index in [1.165, 1.54) is 4.90 Å². The van der Waals surface area contributed by atoms with Crippen molar-refractivity contribution in [3.63, 3.8) is 0 Å². The molecular formula is C19H17NO4. The van der Waals surface area contributed by atoms with Gasteiger partial charge < -0.3 is 4.74 Å². The monoisotopic (exact) mass is 323 g/mol. The number of hydrogen-bond acceptors (Lipinski definition) is 4. The molecule has 2 aromatic rings. The van der Waals surface area contributed by atoms with Gasteiger partial charge in [-0.1, -0.05) is 24.3 Å². The molecule has 3 rings (SSSR count). The average Bonchev–Trinajstić information content (AvgIpc) is 2.87. The maximum atomic E-state index is 12.2. The highest BCUT2D eigenvalue weighted by atomic mass is 16.5. The molecule has 0 saturated heterocycles. The molecule has 122 valence electrons. The molecule has 0 aromatic heterocycles. The molecule has 2 aromatic carbocycles. The van der Waals surface area contributed by atoms with E-state index in [0.29, 0.717) is 48.4 Å². The lowest BCUT2D eigenvalue weighted by Crippen LogP contribution is -2.30. The molecule has 1 aliphatic rings. The lowest BCUT2D eigenvalue weighted by molar-refractivity contribution is 0.0649. The van der Waals surface area contributed by atoms with Crippen LogP contribution in [0.3, 0.4) is 0 Å². The molecule has 2 amide bonds. The van der Waals surface area contributed by atoms with Gasteiger partial charge in [0.15, 0.2) is 6.29 Å². The van der Waals surface area contributed by atoms with E-state index in [2.05, 4.69) is 0 Å². The summed E-state index contributed by atoms with van der Waals surface area (Å²) in [4.78, 5) is 36.6. The van der Waals surface area contributed by atoms with Crippen LogP contribution in [0.2, 0.25) is 0 Å². The summed E-state index contributed by atoms with van der Waals surface area (Å²) in [5, 5.41) is 0. The number of carbonyl (C=O) groups is 3. The zero-order valence-electron chi connectivity index (χ0n) is 13.1. The van der Waals surface area contributed by atoms with Crippen LogP contribution in [-0.2, 0) is 0 Å². The second-order valence-corrected chi connectivity index (χ2v) is 5.52. The Hall–Kier alpha value is -2.95. The van der Waals surface area contributed by atoms with Gasteiger partial charge >= 0.3 is 0 Å². The lowest BCUT2D eigenvalue weighted by atomic mass is 10.1. The third-order valence-electron chi connectivity index (χ3n) is 3.96. The lowest BCUT2D eigenvalue weighted by Gasteiger charge is -2.14. The normalized spacial score (nSPS) is 13.1. The van der Waals surface area contributed by atoms with E-state index in [0.717, 1.165) is 6.29 Å². The van der Waals surface area contributed by atoms with Crippen molar-refractivity contribution in [1.29, 1.82) is 0 Å². The highest BCUT2D eigenvalue weighted by Gasteiger charge is 2.34. The van der Waals surface area contributed by atoms with Crippen LogP contribution in [0.1, 0.15) is 43.9 Å². The molecule has 0 bridgehead atoms. The van der Waals surface area contributed by atoms with Gasteiger partial charge in [0.25, 0.3) is 11.8 Å². The Balaban J connectivity index is 1.49. The summed E-state index contributed by atoms with van der Waals surface area (Å²) < 4.78 is 5.59. The minimum absolute atomic E-state index is 0.234. The van der Waals surface area contributed by atoms with E-state index in [4.69, 9.17) is 4.74 Å². The van der Waals surface area contributed by atoms with E-state index >= 15 is 0 Å². The van der Waals surface area contributed by atoms with Gasteiger partial charge in [0.05, 0.1) is 23.3 Å². The number of para-hydroxylation sites is 1. The van der Waals surface area contributed by atoms with Crippen molar-refractivity contribution in [1.82, 2.24) is 4.90 Å². The topological polar surface area (TPSA) is 63.7 Å². The van der Waals surface area contributed by atoms with Gasteiger partial charge in [0, 0.05) is 6.54 Å². The van der Waals surface area contributed by atoms with Crippen LogP contribution >= 0.6 is 0 Å². The highest BCUT2D eigenvalue weighted by molar-refractivity contribution is 6.21. The first kappa shape index (κ1) is 15.9. The highest BCUT2D eigenvalue weighted by Crippen LogP contribution is 2.22. The number of ether oxygens (including phenoxy) is 1. The third-order valence-corrected chi connectivity index (χ3v) is 3.96. The summed E-state index contributed by atoms with van der Waals surface area (Å²) in [6.07, 6.45) is 2.09. The summed E-state index contributed by atoms with van der Waals surface area (Å²) in [5.41, 5.74) is 1.45. The predicted octanol–water partition coefficient (Wildman–Crippen LogP) is 2.95. The van der Waals surface area contributed by atoms with Crippen molar-refractivity contribution in [2.45, 2.75) is 12.8 Å². The Bertz CT molecular complexity index is 749. The molecule has 0 atom stereocenters. The Labute approximate surface area is 139 Å². The van der Waals surface area contributed by atoms with Gasteiger partial charge in [-0.2, -0.15) is 0 Å². The second-order valence-electron chi connectivity index (χ2n) is 5.52. The minimum Gasteiger partial charge on any atom is -0.493 e. The third kappa shape index (κ3) is 3.06. The summed E-state index contributed by atoms with van der Waals surface area (Å²) >= 11 is 0. The van der Waals surface area contributed by atoms with Crippen molar-refractivity contribution >= 4 is 18.1 Å². The maximum absolute atomic E-state index is 12.2. The van der Waals surface area contributed by atoms with E-state index in [-0.39, 0.29) is 11.8 Å². The van der Waals surface area contributed by atoms with Gasteiger partial charge in [-0.15, -0.1) is 0 Å². The summed E-state index contributed by atoms with van der Waals surface area (Å²) in [5.74, 6) is 0.0823. The van der Waals surface area contributed by atoms with Gasteiger partial charge in [0.2, 0.25) is 0 Å². The molecule has 0 fully saturated rings. The number of aldehydes is 1. The van der Waals surface area contributed by atoms with Gasteiger partial charge in [-0.3, -0.25) is 19.3 Å². The number of imide groups is 1. The maximum Gasteiger partial charge on any atom is 0.261 e. The summed E-state index contributed by atoms with van der Waals surface area (Å²) in [6, 6.07) is 13.9. The van der Waals surface area contributed by atoms with Crippen LogP contribution in [0.25, 0.3) is 0 Å². The van der Waals surface area contributed by atoms with E-state index < -0.39 is 0 Å². The van der Waals surface area contributed by atoms with Crippen LogP contribution in [0.4, 0.5) is 0 Å². The first-order valence-electron chi connectivity index (χ1n) is 7.84. The van der Waals surface area contributed by atoms with E-state index in [1.807, 2.05) is 0 Å². The second kappa shape index (κ2) is 7.08. The molecule has 0 N–H and O–H groups in total. The molecule has 24 heavy (non-hydrogen) atoms. The summed E-state index contributed by atoms with van der Waals surface area (Å²) in [6.45, 7) is 0.791. The molecule has 0 unspecified atom stereocenters. The predicted molar refractivity (Wildman–Crippen MR) is 88.4 cm³/mol. The van der Waals surface area contributed by atoms with Crippen LogP contribution in [-0.4, -0.2) is 36.2 Å². The van der Waals surface area contributed by atoms with Crippen LogP contribution in [0, 0.1) is 0 Å². The molecule has 0 aliphatic carbocycles. The number of hydrogen-bond donors (Lipinski definition) is 0. The van der Waals surface area contributed by atoms with Gasteiger partial charge in [0.1, 0.15) is 5.75 Å². The van der Waals surface area contributed by atoms with E-state index in [9.17, 15) is 14.4 Å². The number of carbonyl (C=O) groups excluding carboxylic acids is 3. The molecule has 1 heterocycles. The fraction of sp³-hybridized carbons (Fsp3) is 0.211. The minimum atomic E-state index is -0.234. The van der Waals surface area contributed by atoms with Crippen molar-refractivity contribution in [2.75, 3.05) is 13.2 Å². The van der Waals surface area contributed by atoms with Crippen molar-refractivity contribution < 1.29 is 19.1 Å². The quantitative estimate of drug-likeness (QED) is 0.446. The Morgan fingerprint density at radius 1 is 0.875 bits per heavy atom. The fourth-order valence-electron chi connectivity index (χ4n) is 2.71. The Kier molecular flexibility index (Phi) is 4.70. The number of nitrogens with zero attached hydrogens (tertiary/aromatic N) is 1. The van der Waals surface area contributed by atoms with Crippen molar-refractivity contribution in [3.8, 4) is 5.75 Å². The first-order chi connectivity index (χ1) is 11.7. The zero-order valence-corrected chi connectivity index (χ0v) is 13.1. The molecule has 0 saturated carbocycles. The summed E-state index contributed by atoms with van der Waals surface area (Å²) in [7, 11) is 0. The Morgan fingerprint density at radius 3 is 2.17 bits per heavy atom. The molecule has 5 heteroatoms. The van der Waals surface area contributed by atoms with Crippen LogP contribution in [0.5, 0.6) is 5.75 Å². The number of rotatable bonds is 7. The Morgan fingerprint density at radius 2 is 1.50 bits per heavy atom. The molecule has 5 nitrogen and oxygen atoms in total. The van der Waals surface area contributed by atoms with Crippen molar-refractivity contribution in [2.24, 2.45) is 0 Å². The average molecular weight is 323 g/mol. The molecule has 0 radical (unpaired) electrons. The van der Waals surface area contributed by atoms with Crippen molar-refractivity contribution in [3.05, 3.63) is 65.2 Å². The largest absolute Gasteiger partial charge is 0.493 e. The van der Waals surface area contributed by atoms with E-state index in [1.54, 1.807) is 48.5 Å². The number of amides is 2. The van der Waals surface area contributed by atoms with Crippen LogP contribution in [0.15, 0.2) is 48.5 Å². The SMILES string of the molecule is O=Cc1ccccc1OCCCCN1C(=O)c2ccccc2C1=O. The molecular weight excluding hydrogens is 306 g/mol. The molecule has 1 aliphatic heterocycles. The number of fused-ring (bicyclic) bond motifs is 1. The van der Waals surface area contributed by atoms with Crippen LogP contribution < -0.4 is 4.74 Å². The van der Waals surface area contributed by atoms with Gasteiger partial charge in [-0.05, 0) is 37.1 Å². The number of unbranched alkanes of at least 4 members (excludes halogenated alkanes) is 1. The van der Waals surface area contributed by atoms with Gasteiger partial charge in [-0.25, -0.2) is 0 Å². The number of benzene rings is 2. The first-order valence-corrected chi connectivity index (χ1v) is 7.84. The standard InChI is InChI=1S/C19H17NO4/c21-13-14-7-1-4-10-17(14)24-12-6-5-11-20-18(22)15-8-2-3-9-16(15)19(20)23/h1-4,7-10,13H,5-6,11-12H2.